The number of benzene rings is 1. The monoisotopic (exact) mass is 449 g/mol. The molecule has 180 valence electrons. The van der Waals surface area contributed by atoms with E-state index in [-0.39, 0.29) is 35.7 Å². The summed E-state index contributed by atoms with van der Waals surface area (Å²) in [5, 5.41) is 22.3. The number of fused-ring (bicyclic) bond motifs is 1. The Morgan fingerprint density at radius 1 is 1.25 bits per heavy atom. The summed E-state index contributed by atoms with van der Waals surface area (Å²) in [7, 11) is 0. The fourth-order valence-corrected chi connectivity index (χ4v) is 5.72. The SMILES string of the molecule is CC1CC[C@@H]2C(CO1)[C@H]([C@@H](C)C([O-])OCc1ccc(C(=O)O)cc1C(C)(C)F)CC[C@H]2C. The molecule has 2 fully saturated rings. The van der Waals surface area contributed by atoms with Gasteiger partial charge in [0.05, 0.1) is 24.9 Å². The lowest BCUT2D eigenvalue weighted by Crippen LogP contribution is -2.46. The number of halogens is 1. The summed E-state index contributed by atoms with van der Waals surface area (Å²) < 4.78 is 26.5. The van der Waals surface area contributed by atoms with Crippen molar-refractivity contribution < 1.29 is 28.9 Å². The minimum Gasteiger partial charge on any atom is -0.831 e. The van der Waals surface area contributed by atoms with Gasteiger partial charge in [0, 0.05) is 0 Å². The van der Waals surface area contributed by atoms with Crippen molar-refractivity contribution in [2.45, 2.75) is 85.0 Å². The Bertz CT molecular complexity index is 789. The zero-order valence-electron chi connectivity index (χ0n) is 20.0. The molecule has 7 atom stereocenters. The molecule has 3 rings (SSSR count). The van der Waals surface area contributed by atoms with E-state index in [2.05, 4.69) is 13.8 Å². The molecule has 1 N–H and O–H groups in total. The minimum atomic E-state index is -1.74. The highest BCUT2D eigenvalue weighted by atomic mass is 19.1. The molecular weight excluding hydrogens is 411 g/mol. The first-order chi connectivity index (χ1) is 15.0. The minimum absolute atomic E-state index is 0.0199. The van der Waals surface area contributed by atoms with Crippen LogP contribution >= 0.6 is 0 Å². The number of rotatable bonds is 7. The van der Waals surface area contributed by atoms with Crippen LogP contribution in [0.3, 0.4) is 0 Å². The molecule has 1 aromatic carbocycles. The zero-order chi connectivity index (χ0) is 23.6. The van der Waals surface area contributed by atoms with Crippen molar-refractivity contribution in [2.24, 2.45) is 29.6 Å². The number of hydrogen-bond acceptors (Lipinski definition) is 4. The molecule has 3 unspecified atom stereocenters. The fraction of sp³-hybridized carbons (Fsp3) is 0.731. The van der Waals surface area contributed by atoms with Crippen LogP contribution in [0.1, 0.15) is 81.8 Å². The number of ether oxygens (including phenoxy) is 2. The summed E-state index contributed by atoms with van der Waals surface area (Å²) in [5.74, 6) is 0.539. The van der Waals surface area contributed by atoms with E-state index in [9.17, 15) is 19.4 Å². The lowest BCUT2D eigenvalue weighted by atomic mass is 9.62. The van der Waals surface area contributed by atoms with Gasteiger partial charge in [-0.3, -0.25) is 0 Å². The van der Waals surface area contributed by atoms with Crippen LogP contribution in [0.15, 0.2) is 18.2 Å². The Labute approximate surface area is 191 Å². The number of hydrogen-bond donors (Lipinski definition) is 1. The lowest BCUT2D eigenvalue weighted by molar-refractivity contribution is -0.510. The summed E-state index contributed by atoms with van der Waals surface area (Å²) in [6.07, 6.45) is 3.36. The summed E-state index contributed by atoms with van der Waals surface area (Å²) in [6, 6.07) is 4.31. The quantitative estimate of drug-likeness (QED) is 0.599. The first-order valence-electron chi connectivity index (χ1n) is 11.9. The highest BCUT2D eigenvalue weighted by Crippen LogP contribution is 2.46. The van der Waals surface area contributed by atoms with Gasteiger partial charge in [-0.05, 0) is 99.2 Å². The van der Waals surface area contributed by atoms with Crippen molar-refractivity contribution in [1.82, 2.24) is 0 Å². The first kappa shape index (κ1) is 25.1. The smallest absolute Gasteiger partial charge is 0.335 e. The number of alkyl halides is 1. The molecule has 1 saturated carbocycles. The maximum Gasteiger partial charge on any atom is 0.335 e. The lowest BCUT2D eigenvalue weighted by Gasteiger charge is -2.46. The second-order valence-electron chi connectivity index (χ2n) is 10.5. The second-order valence-corrected chi connectivity index (χ2v) is 10.5. The average molecular weight is 450 g/mol. The molecule has 0 amide bonds. The van der Waals surface area contributed by atoms with Gasteiger partial charge in [0.25, 0.3) is 0 Å². The number of aromatic carboxylic acids is 1. The highest BCUT2D eigenvalue weighted by molar-refractivity contribution is 5.88. The van der Waals surface area contributed by atoms with Crippen LogP contribution in [-0.4, -0.2) is 30.1 Å². The standard InChI is InChI=1S/C26H38FO5/c1-15-6-10-21(22-14-31-16(2)7-11-20(15)22)17(3)25(30)32-13-19-9-8-18(24(28)29)12-23(19)26(4,5)27/h8-9,12,15-17,20-22,25H,6-7,10-11,13-14H2,1-5H3,(H,28,29)/q-1/t15-,16?,17-,20+,21+,22?,25?/m1/s1. The van der Waals surface area contributed by atoms with Gasteiger partial charge >= 0.3 is 5.97 Å². The average Bonchev–Trinajstić information content (AvgIpc) is 2.93. The highest BCUT2D eigenvalue weighted by Gasteiger charge is 2.41. The molecule has 0 spiro atoms. The van der Waals surface area contributed by atoms with Crippen molar-refractivity contribution in [3.63, 3.8) is 0 Å². The third-order valence-electron chi connectivity index (χ3n) is 7.77. The Balaban J connectivity index is 1.71. The molecule has 2 aliphatic rings. The molecule has 0 radical (unpaired) electrons. The Hall–Kier alpha value is -1.50. The Kier molecular flexibility index (Phi) is 8.00. The summed E-state index contributed by atoms with van der Waals surface area (Å²) in [5.41, 5.74) is -0.964. The van der Waals surface area contributed by atoms with E-state index < -0.39 is 17.9 Å². The Morgan fingerprint density at radius 2 is 1.97 bits per heavy atom. The molecule has 1 aromatic rings. The molecule has 6 heteroatoms. The Morgan fingerprint density at radius 3 is 2.62 bits per heavy atom. The van der Waals surface area contributed by atoms with Gasteiger partial charge in [-0.15, -0.1) is 0 Å². The third kappa shape index (κ3) is 5.70. The van der Waals surface area contributed by atoms with Crippen molar-refractivity contribution in [3.05, 3.63) is 34.9 Å². The van der Waals surface area contributed by atoms with Crippen molar-refractivity contribution in [3.8, 4) is 0 Å². The third-order valence-corrected chi connectivity index (χ3v) is 7.77. The van der Waals surface area contributed by atoms with Crippen molar-refractivity contribution >= 4 is 5.97 Å². The predicted molar refractivity (Wildman–Crippen MR) is 119 cm³/mol. The maximum absolute atomic E-state index is 14.8. The van der Waals surface area contributed by atoms with Gasteiger partial charge in [0.15, 0.2) is 0 Å². The van der Waals surface area contributed by atoms with Crippen molar-refractivity contribution in [2.75, 3.05) is 6.61 Å². The number of carboxylic acids is 1. The second kappa shape index (κ2) is 10.2. The van der Waals surface area contributed by atoms with E-state index in [1.807, 2.05) is 6.92 Å². The number of carbonyl (C=O) groups is 1. The van der Waals surface area contributed by atoms with E-state index in [1.54, 1.807) is 6.07 Å². The van der Waals surface area contributed by atoms with Crippen LogP contribution < -0.4 is 5.11 Å². The van der Waals surface area contributed by atoms with Gasteiger partial charge in [-0.2, -0.15) is 0 Å². The van der Waals surface area contributed by atoms with Crippen LogP contribution in [0.5, 0.6) is 0 Å². The molecule has 1 aliphatic heterocycles. The topological polar surface area (TPSA) is 78.8 Å². The number of carboxylic acid groups (broad SMARTS) is 1. The largest absolute Gasteiger partial charge is 0.831 e. The van der Waals surface area contributed by atoms with Crippen LogP contribution in [-0.2, 0) is 21.7 Å². The molecular formula is C26H38FO5-. The van der Waals surface area contributed by atoms with Gasteiger partial charge in [0.1, 0.15) is 5.67 Å². The predicted octanol–water partition coefficient (Wildman–Crippen LogP) is 4.91. The van der Waals surface area contributed by atoms with Crippen LogP contribution in [0.25, 0.3) is 0 Å². The molecule has 5 nitrogen and oxygen atoms in total. The van der Waals surface area contributed by atoms with Crippen LogP contribution in [0, 0.1) is 29.6 Å². The van der Waals surface area contributed by atoms with Crippen LogP contribution in [0.4, 0.5) is 4.39 Å². The van der Waals surface area contributed by atoms with Crippen LogP contribution in [0.2, 0.25) is 0 Å². The zero-order valence-corrected chi connectivity index (χ0v) is 20.0. The van der Waals surface area contributed by atoms with Gasteiger partial charge in [-0.1, -0.05) is 26.3 Å². The van der Waals surface area contributed by atoms with Gasteiger partial charge in [-0.25, -0.2) is 9.18 Å². The molecule has 1 aliphatic carbocycles. The van der Waals surface area contributed by atoms with E-state index in [1.165, 1.54) is 26.0 Å². The molecule has 0 bridgehead atoms. The molecule has 1 heterocycles. The summed E-state index contributed by atoms with van der Waals surface area (Å²) in [6.45, 7) is 9.84. The molecule has 32 heavy (non-hydrogen) atoms. The van der Waals surface area contributed by atoms with E-state index in [0.29, 0.717) is 29.9 Å². The van der Waals surface area contributed by atoms with E-state index in [4.69, 9.17) is 9.47 Å². The summed E-state index contributed by atoms with van der Waals surface area (Å²) in [4.78, 5) is 11.3. The van der Waals surface area contributed by atoms with E-state index >= 15 is 0 Å². The fourth-order valence-electron chi connectivity index (χ4n) is 5.72. The normalized spacial score (nSPS) is 30.8. The van der Waals surface area contributed by atoms with Gasteiger partial charge < -0.3 is 19.7 Å². The maximum atomic E-state index is 14.8. The molecule has 1 saturated heterocycles. The summed E-state index contributed by atoms with van der Waals surface area (Å²) >= 11 is 0. The van der Waals surface area contributed by atoms with E-state index in [0.717, 1.165) is 25.7 Å². The van der Waals surface area contributed by atoms with Crippen molar-refractivity contribution in [1.29, 1.82) is 0 Å². The van der Waals surface area contributed by atoms with Gasteiger partial charge in [0.2, 0.25) is 0 Å². The first-order valence-corrected chi connectivity index (χ1v) is 11.9. The molecule has 0 aromatic heterocycles.